The highest BCUT2D eigenvalue weighted by Gasteiger charge is 2.64. The van der Waals surface area contributed by atoms with Crippen LogP contribution in [0.3, 0.4) is 0 Å². The number of carbonyl (C=O) groups is 2. The molecule has 65 heavy (non-hydrogen) atoms. The summed E-state index contributed by atoms with van der Waals surface area (Å²) < 4.78 is 14.2. The number of ether oxygens (including phenoxy) is 2. The Bertz CT molecular complexity index is 2800. The Kier molecular flexibility index (Phi) is 11.8. The predicted molar refractivity (Wildman–Crippen MR) is 246 cm³/mol. The molecule has 16 heteroatoms. The third-order valence-electron chi connectivity index (χ3n) is 13.4. The molecule has 0 bridgehead atoms. The molecule has 2 amide bonds. The summed E-state index contributed by atoms with van der Waals surface area (Å²) in [5, 5.41) is 20.0. The zero-order chi connectivity index (χ0) is 45.6. The van der Waals surface area contributed by atoms with Crippen molar-refractivity contribution in [2.75, 3.05) is 38.3 Å². The van der Waals surface area contributed by atoms with Gasteiger partial charge in [-0.1, -0.05) is 57.5 Å². The fourth-order valence-electron chi connectivity index (χ4n) is 10.1. The number of hydrogen-bond acceptors (Lipinski definition) is 12. The summed E-state index contributed by atoms with van der Waals surface area (Å²) in [6.45, 7) is 13.1. The average molecular weight is 894 g/mol. The first kappa shape index (κ1) is 43.7. The van der Waals surface area contributed by atoms with E-state index in [1.165, 1.54) is 5.69 Å². The molecule has 3 aliphatic rings. The second-order valence-electron chi connectivity index (χ2n) is 18.5. The smallest absolute Gasteiger partial charge is 0.254 e. The number of fused-ring (bicyclic) bond motifs is 2. The van der Waals surface area contributed by atoms with Crippen molar-refractivity contribution < 1.29 is 19.1 Å². The first-order valence-corrected chi connectivity index (χ1v) is 22.4. The number of halogens is 1. The van der Waals surface area contributed by atoms with E-state index < -0.39 is 10.8 Å². The molecular weight excluding hydrogens is 842 g/mol. The maximum atomic E-state index is 13.5. The van der Waals surface area contributed by atoms with Crippen molar-refractivity contribution in [3.8, 4) is 34.3 Å². The second-order valence-corrected chi connectivity index (χ2v) is 18.9. The minimum absolute atomic E-state index is 0.0712. The lowest BCUT2D eigenvalue weighted by Gasteiger charge is -2.63. The molecule has 0 spiro atoms. The summed E-state index contributed by atoms with van der Waals surface area (Å²) in [7, 11) is 1.89. The van der Waals surface area contributed by atoms with Crippen molar-refractivity contribution in [2.45, 2.75) is 85.0 Å². The van der Waals surface area contributed by atoms with Crippen LogP contribution in [-0.4, -0.2) is 96.9 Å². The average Bonchev–Trinajstić information content (AvgIpc) is 3.70. The van der Waals surface area contributed by atoms with Crippen LogP contribution in [0, 0.1) is 22.2 Å². The van der Waals surface area contributed by atoms with Crippen molar-refractivity contribution in [2.24, 2.45) is 10.8 Å². The van der Waals surface area contributed by atoms with Gasteiger partial charge >= 0.3 is 0 Å². The van der Waals surface area contributed by atoms with Gasteiger partial charge in [0.15, 0.2) is 0 Å². The van der Waals surface area contributed by atoms with E-state index in [1.54, 1.807) is 49.9 Å². The summed E-state index contributed by atoms with van der Waals surface area (Å²) >= 11 is 6.26. The van der Waals surface area contributed by atoms with Gasteiger partial charge in [-0.15, -0.1) is 0 Å². The van der Waals surface area contributed by atoms with Gasteiger partial charge in [-0.25, -0.2) is 19.9 Å². The van der Waals surface area contributed by atoms with Gasteiger partial charge in [-0.3, -0.25) is 19.3 Å². The summed E-state index contributed by atoms with van der Waals surface area (Å²) in [5.41, 5.74) is 5.74. The maximum absolute atomic E-state index is 13.5. The molecule has 2 aromatic carbocycles. The van der Waals surface area contributed by atoms with Gasteiger partial charge in [-0.05, 0) is 36.4 Å². The molecule has 1 saturated heterocycles. The number of nitriles is 1. The molecular formula is C49H52ClN11O4. The Balaban J connectivity index is 0.827. The van der Waals surface area contributed by atoms with Crippen LogP contribution in [-0.2, 0) is 28.9 Å². The van der Waals surface area contributed by atoms with Crippen LogP contribution < -0.4 is 15.0 Å². The van der Waals surface area contributed by atoms with Crippen molar-refractivity contribution in [3.63, 3.8) is 0 Å². The number of likely N-dealkylation sites (N-methyl/N-ethyl adjacent to an activating group) is 1. The quantitative estimate of drug-likeness (QED) is 0.136. The molecule has 0 unspecified atom stereocenters. The third kappa shape index (κ3) is 8.37. The van der Waals surface area contributed by atoms with Crippen molar-refractivity contribution in [1.29, 1.82) is 5.26 Å². The van der Waals surface area contributed by atoms with Gasteiger partial charge in [-0.2, -0.15) is 10.4 Å². The molecule has 2 fully saturated rings. The van der Waals surface area contributed by atoms with E-state index in [4.69, 9.17) is 31.2 Å². The summed E-state index contributed by atoms with van der Waals surface area (Å²) in [5.74, 6) is 1.52. The molecule has 9 rings (SSSR count). The van der Waals surface area contributed by atoms with Crippen LogP contribution in [0.15, 0.2) is 73.4 Å². The number of nitrogens with zero attached hydrogens (tertiary/aromatic N) is 10. The molecule has 2 aliphatic heterocycles. The molecule has 15 nitrogen and oxygen atoms in total. The molecule has 6 heterocycles. The molecule has 4 aromatic heterocycles. The van der Waals surface area contributed by atoms with Crippen LogP contribution in [0.4, 0.5) is 5.95 Å². The number of nitrogens with one attached hydrogen (secondary N) is 1. The van der Waals surface area contributed by atoms with E-state index in [2.05, 4.69) is 88.0 Å². The van der Waals surface area contributed by atoms with Crippen molar-refractivity contribution >= 4 is 40.1 Å². The van der Waals surface area contributed by atoms with Crippen molar-refractivity contribution in [3.05, 3.63) is 107 Å². The van der Waals surface area contributed by atoms with E-state index >= 15 is 0 Å². The minimum Gasteiger partial charge on any atom is -0.489 e. The molecule has 0 atom stereocenters. The Morgan fingerprint density at radius 2 is 1.72 bits per heavy atom. The molecule has 1 saturated carbocycles. The fraction of sp³-hybridized carbons (Fsp3) is 0.408. The van der Waals surface area contributed by atoms with Gasteiger partial charge in [0.25, 0.3) is 5.91 Å². The second kappa shape index (κ2) is 17.5. The minimum atomic E-state index is -0.407. The zero-order valence-corrected chi connectivity index (χ0v) is 38.3. The van der Waals surface area contributed by atoms with E-state index in [1.807, 2.05) is 23.0 Å². The Morgan fingerprint density at radius 1 is 0.985 bits per heavy atom. The topological polar surface area (TPSA) is 177 Å². The van der Waals surface area contributed by atoms with E-state index in [9.17, 15) is 14.9 Å². The number of rotatable bonds is 11. The normalized spacial score (nSPS) is 18.9. The SMILES string of the molecule is CC(=O)N1CCc2c(c(-c3cccc4cc(-c5cnc(CCN(C)c6ncc(C(=O)NC7C(C)(C)C(Oc8ccc(C#N)c(Cl)c8)C7(C)C)cn6)nc5)ncc34)nn2C2CCOCC2)C1. The largest absolute Gasteiger partial charge is 0.489 e. The van der Waals surface area contributed by atoms with E-state index in [0.717, 1.165) is 71.3 Å². The Hall–Kier alpha value is -6.50. The molecule has 1 N–H and O–H groups in total. The number of aromatic nitrogens is 7. The number of carbonyl (C=O) groups excluding carboxylic acids is 2. The molecule has 0 radical (unpaired) electrons. The lowest BCUT2D eigenvalue weighted by molar-refractivity contribution is -0.164. The van der Waals surface area contributed by atoms with Gasteiger partial charge < -0.3 is 24.6 Å². The van der Waals surface area contributed by atoms with Gasteiger partial charge in [0.05, 0.1) is 33.6 Å². The van der Waals surface area contributed by atoms with Gasteiger partial charge in [0.1, 0.15) is 23.7 Å². The number of hydrogen-bond donors (Lipinski definition) is 1. The van der Waals surface area contributed by atoms with E-state index in [0.29, 0.717) is 59.7 Å². The monoisotopic (exact) mass is 893 g/mol. The third-order valence-corrected chi connectivity index (χ3v) is 13.7. The number of amides is 2. The number of benzene rings is 2. The van der Waals surface area contributed by atoms with Crippen LogP contribution in [0.5, 0.6) is 5.75 Å². The van der Waals surface area contributed by atoms with Gasteiger partial charge in [0, 0.05) is 141 Å². The van der Waals surface area contributed by atoms with Crippen LogP contribution >= 0.6 is 11.6 Å². The zero-order valence-electron chi connectivity index (χ0n) is 37.5. The molecule has 6 aromatic rings. The lowest BCUT2D eigenvalue weighted by Crippen LogP contribution is -2.74. The Labute approximate surface area is 383 Å². The standard InChI is InChI=1S/C49H52ClN11O4/c1-29(62)60-17-12-41-38(28-60)43(58-61(41)34-14-18-64-19-15-34)36-9-7-8-30-20-40(52-27-37(30)36)32-23-53-42(54-24-32)13-16-59(6)47-55-25-33(26-56-47)44(63)57-45-48(2,3)46(49(45,4)5)65-35-11-10-31(22-51)39(50)21-35/h7-11,20-21,23-27,34,45-46H,12-19,28H2,1-6H3,(H,57,63). The number of pyridine rings is 1. The Morgan fingerprint density at radius 3 is 2.42 bits per heavy atom. The summed E-state index contributed by atoms with van der Waals surface area (Å²) in [4.78, 5) is 53.0. The highest BCUT2D eigenvalue weighted by molar-refractivity contribution is 6.31. The van der Waals surface area contributed by atoms with E-state index in [-0.39, 0.29) is 30.0 Å². The van der Waals surface area contributed by atoms with Crippen LogP contribution in [0.1, 0.15) is 86.5 Å². The van der Waals surface area contributed by atoms with Crippen molar-refractivity contribution in [1.82, 2.24) is 44.9 Å². The highest BCUT2D eigenvalue weighted by atomic mass is 35.5. The number of anilines is 1. The first-order valence-electron chi connectivity index (χ1n) is 22.1. The van der Waals surface area contributed by atoms with Crippen LogP contribution in [0.2, 0.25) is 5.02 Å². The highest BCUT2D eigenvalue weighted by Crippen LogP contribution is 2.55. The summed E-state index contributed by atoms with van der Waals surface area (Å²) in [6.07, 6.45) is 11.5. The lowest BCUT2D eigenvalue weighted by atomic mass is 9.49. The maximum Gasteiger partial charge on any atom is 0.254 e. The predicted octanol–water partition coefficient (Wildman–Crippen LogP) is 7.42. The fourth-order valence-corrected chi connectivity index (χ4v) is 10.3. The molecule has 334 valence electrons. The molecule has 1 aliphatic carbocycles. The van der Waals surface area contributed by atoms with Crippen LogP contribution in [0.25, 0.3) is 33.3 Å². The first-order chi connectivity index (χ1) is 31.2. The summed E-state index contributed by atoms with van der Waals surface area (Å²) in [6, 6.07) is 15.5. The van der Waals surface area contributed by atoms with Gasteiger partial charge in [0.2, 0.25) is 11.9 Å².